The lowest BCUT2D eigenvalue weighted by atomic mass is 10.1. The predicted molar refractivity (Wildman–Crippen MR) is 134 cm³/mol. The zero-order chi connectivity index (χ0) is 22.8. The Morgan fingerprint density at radius 3 is 2.47 bits per heavy atom. The Labute approximate surface area is 201 Å². The number of nitrogens with zero attached hydrogens (tertiary/aromatic N) is 2. The molecule has 0 aliphatic carbocycles. The molecule has 1 fully saturated rings. The Hall–Kier alpha value is -2.67. The first-order valence-electron chi connectivity index (χ1n) is 9.91. The molecule has 164 valence electrons. The molecule has 3 aromatic rings. The van der Waals surface area contributed by atoms with Gasteiger partial charge in [0, 0.05) is 36.7 Å². The number of hydrogen-bond acceptors (Lipinski definition) is 4. The second-order valence-corrected chi connectivity index (χ2v) is 9.43. The molecule has 0 bridgehead atoms. The third kappa shape index (κ3) is 4.72. The van der Waals surface area contributed by atoms with Gasteiger partial charge in [0.25, 0.3) is 5.91 Å². The minimum Gasteiger partial charge on any atom is -0.378 e. The third-order valence-corrected chi connectivity index (χ3v) is 7.07. The van der Waals surface area contributed by atoms with E-state index in [2.05, 4.69) is 5.32 Å². The van der Waals surface area contributed by atoms with Gasteiger partial charge in [-0.3, -0.25) is 14.5 Å². The number of anilines is 3. The molecule has 0 aromatic heterocycles. The Balaban J connectivity index is 1.56. The van der Waals surface area contributed by atoms with Crippen molar-refractivity contribution in [1.29, 1.82) is 0 Å². The van der Waals surface area contributed by atoms with Crippen LogP contribution in [0.25, 0.3) is 0 Å². The maximum absolute atomic E-state index is 12.7. The molecule has 8 heteroatoms. The number of thioether (sulfide) groups is 1. The minimum absolute atomic E-state index is 0.0582. The lowest BCUT2D eigenvalue weighted by Crippen LogP contribution is -2.27. The van der Waals surface area contributed by atoms with Gasteiger partial charge in [0.2, 0.25) is 5.91 Å². The van der Waals surface area contributed by atoms with Gasteiger partial charge in [0.1, 0.15) is 5.37 Å². The molecule has 1 aliphatic rings. The number of rotatable bonds is 5. The molecule has 0 unspecified atom stereocenters. The lowest BCUT2D eigenvalue weighted by molar-refractivity contribution is -0.115. The Bertz CT molecular complexity index is 1170. The van der Waals surface area contributed by atoms with Crippen LogP contribution in [-0.4, -0.2) is 31.7 Å². The summed E-state index contributed by atoms with van der Waals surface area (Å²) in [5, 5.41) is 3.44. The van der Waals surface area contributed by atoms with Gasteiger partial charge in [-0.1, -0.05) is 35.3 Å². The van der Waals surface area contributed by atoms with Crippen LogP contribution >= 0.6 is 35.0 Å². The van der Waals surface area contributed by atoms with Gasteiger partial charge >= 0.3 is 0 Å². The molecule has 1 saturated heterocycles. The predicted octanol–water partition coefficient (Wildman–Crippen LogP) is 6.09. The van der Waals surface area contributed by atoms with Gasteiger partial charge in [-0.15, -0.1) is 11.8 Å². The summed E-state index contributed by atoms with van der Waals surface area (Å²) < 4.78 is 0. The summed E-state index contributed by atoms with van der Waals surface area (Å²) in [5.41, 5.74) is 3.90. The van der Waals surface area contributed by atoms with Crippen molar-refractivity contribution in [3.8, 4) is 0 Å². The molecule has 0 saturated carbocycles. The molecular weight excluding hydrogens is 465 g/mol. The standard InChI is InChI=1S/C24H21Cl2N3O2S/c1-28(2)18-7-9-19(10-8-18)29-22(30)14-32-24(29)16-4-3-5-17(12-16)27-23(31)15-6-11-20(25)21(26)13-15/h3-13,24H,14H2,1-2H3,(H,27,31)/t24-/m1/s1. The lowest BCUT2D eigenvalue weighted by Gasteiger charge is -2.25. The van der Waals surface area contributed by atoms with Crippen LogP contribution in [0.15, 0.2) is 66.7 Å². The summed E-state index contributed by atoms with van der Waals surface area (Å²) in [5.74, 6) is 0.176. The monoisotopic (exact) mass is 485 g/mol. The number of amides is 2. The van der Waals surface area contributed by atoms with Crippen molar-refractivity contribution < 1.29 is 9.59 Å². The molecule has 5 nitrogen and oxygen atoms in total. The van der Waals surface area contributed by atoms with Crippen LogP contribution < -0.4 is 15.1 Å². The zero-order valence-corrected chi connectivity index (χ0v) is 19.8. The number of halogens is 2. The average molecular weight is 486 g/mol. The number of carbonyl (C=O) groups is 2. The molecule has 0 radical (unpaired) electrons. The summed E-state index contributed by atoms with van der Waals surface area (Å²) >= 11 is 13.5. The molecule has 1 aliphatic heterocycles. The highest BCUT2D eigenvalue weighted by molar-refractivity contribution is 8.00. The SMILES string of the molecule is CN(C)c1ccc(N2C(=O)CS[C@@H]2c2cccc(NC(=O)c3ccc(Cl)c(Cl)c3)c2)cc1. The highest BCUT2D eigenvalue weighted by Gasteiger charge is 2.34. The molecular formula is C24H21Cl2N3O2S. The van der Waals surface area contributed by atoms with Crippen LogP contribution in [0.3, 0.4) is 0 Å². The van der Waals surface area contributed by atoms with Crippen molar-refractivity contribution in [2.75, 3.05) is 35.0 Å². The fourth-order valence-electron chi connectivity index (χ4n) is 3.47. The van der Waals surface area contributed by atoms with Gasteiger partial charge in [-0.05, 0) is 60.2 Å². The number of carbonyl (C=O) groups excluding carboxylic acids is 2. The van der Waals surface area contributed by atoms with Crippen molar-refractivity contribution >= 4 is 63.8 Å². The summed E-state index contributed by atoms with van der Waals surface area (Å²) in [4.78, 5) is 29.2. The maximum atomic E-state index is 12.7. The molecule has 3 aromatic carbocycles. The zero-order valence-electron chi connectivity index (χ0n) is 17.5. The van der Waals surface area contributed by atoms with Crippen molar-refractivity contribution in [2.24, 2.45) is 0 Å². The van der Waals surface area contributed by atoms with Gasteiger partial charge in [0.05, 0.1) is 15.8 Å². The molecule has 32 heavy (non-hydrogen) atoms. The number of nitrogens with one attached hydrogen (secondary N) is 1. The van der Waals surface area contributed by atoms with Crippen molar-refractivity contribution in [1.82, 2.24) is 0 Å². The van der Waals surface area contributed by atoms with Gasteiger partial charge < -0.3 is 10.2 Å². The van der Waals surface area contributed by atoms with Crippen LogP contribution in [0.2, 0.25) is 10.0 Å². The Morgan fingerprint density at radius 1 is 1.03 bits per heavy atom. The molecule has 1 atom stereocenters. The first-order chi connectivity index (χ1) is 15.3. The van der Waals surface area contributed by atoms with Crippen LogP contribution in [0.5, 0.6) is 0 Å². The van der Waals surface area contributed by atoms with Gasteiger partial charge in [-0.2, -0.15) is 0 Å². The van der Waals surface area contributed by atoms with E-state index in [0.717, 1.165) is 16.9 Å². The Morgan fingerprint density at radius 2 is 1.78 bits per heavy atom. The minimum atomic E-state index is -0.285. The van der Waals surface area contributed by atoms with E-state index in [-0.39, 0.29) is 17.2 Å². The van der Waals surface area contributed by atoms with E-state index in [1.165, 1.54) is 6.07 Å². The van der Waals surface area contributed by atoms with Gasteiger partial charge in [0.15, 0.2) is 0 Å². The number of benzene rings is 3. The summed E-state index contributed by atoms with van der Waals surface area (Å²) in [7, 11) is 3.96. The van der Waals surface area contributed by atoms with Gasteiger partial charge in [-0.25, -0.2) is 0 Å². The highest BCUT2D eigenvalue weighted by Crippen LogP contribution is 2.42. The molecule has 1 heterocycles. The largest absolute Gasteiger partial charge is 0.378 e. The van der Waals surface area contributed by atoms with Crippen LogP contribution in [0, 0.1) is 0 Å². The maximum Gasteiger partial charge on any atom is 0.255 e. The van der Waals surface area contributed by atoms with Crippen molar-refractivity contribution in [2.45, 2.75) is 5.37 Å². The molecule has 0 spiro atoms. The van der Waals surface area contributed by atoms with E-state index in [0.29, 0.717) is 27.0 Å². The van der Waals surface area contributed by atoms with E-state index < -0.39 is 0 Å². The van der Waals surface area contributed by atoms with Crippen LogP contribution in [-0.2, 0) is 4.79 Å². The Kier molecular flexibility index (Phi) is 6.65. The van der Waals surface area contributed by atoms with E-state index in [1.54, 1.807) is 23.9 Å². The first kappa shape index (κ1) is 22.5. The van der Waals surface area contributed by atoms with Crippen molar-refractivity contribution in [3.05, 3.63) is 87.9 Å². The number of hydrogen-bond donors (Lipinski definition) is 1. The molecule has 2 amide bonds. The van der Waals surface area contributed by atoms with Crippen molar-refractivity contribution in [3.63, 3.8) is 0 Å². The second-order valence-electron chi connectivity index (χ2n) is 7.55. The fraction of sp³-hybridized carbons (Fsp3) is 0.167. The first-order valence-corrected chi connectivity index (χ1v) is 11.7. The summed E-state index contributed by atoms with van der Waals surface area (Å²) in [6, 6.07) is 20.2. The van der Waals surface area contributed by atoms with Crippen LogP contribution in [0.1, 0.15) is 21.3 Å². The van der Waals surface area contributed by atoms with Crippen LogP contribution in [0.4, 0.5) is 17.1 Å². The van der Waals surface area contributed by atoms with E-state index in [4.69, 9.17) is 23.2 Å². The normalized spacial score (nSPS) is 15.7. The molecule has 4 rings (SSSR count). The highest BCUT2D eigenvalue weighted by atomic mass is 35.5. The van der Waals surface area contributed by atoms with E-state index in [1.807, 2.05) is 72.4 Å². The fourth-order valence-corrected chi connectivity index (χ4v) is 4.94. The topological polar surface area (TPSA) is 52.6 Å². The molecule has 1 N–H and O–H groups in total. The van der Waals surface area contributed by atoms with E-state index >= 15 is 0 Å². The summed E-state index contributed by atoms with van der Waals surface area (Å²) in [6.07, 6.45) is 0. The second kappa shape index (κ2) is 9.45. The summed E-state index contributed by atoms with van der Waals surface area (Å²) in [6.45, 7) is 0. The van der Waals surface area contributed by atoms with E-state index in [9.17, 15) is 9.59 Å². The smallest absolute Gasteiger partial charge is 0.255 e. The third-order valence-electron chi connectivity index (χ3n) is 5.12. The average Bonchev–Trinajstić information content (AvgIpc) is 3.17. The quantitative estimate of drug-likeness (QED) is 0.474.